The van der Waals surface area contributed by atoms with Gasteiger partial charge in [0.2, 0.25) is 0 Å². The van der Waals surface area contributed by atoms with Gasteiger partial charge in [-0.05, 0) is 47.9 Å². The molecule has 0 unspecified atom stereocenters. The highest BCUT2D eigenvalue weighted by Gasteiger charge is 1.93. The molecule has 1 heterocycles. The first-order valence-corrected chi connectivity index (χ1v) is 9.36. The Hall–Kier alpha value is -2.74. The third-order valence-corrected chi connectivity index (χ3v) is 3.63. The van der Waals surface area contributed by atoms with Crippen molar-refractivity contribution in [2.24, 2.45) is 0 Å². The summed E-state index contributed by atoms with van der Waals surface area (Å²) in [6.07, 6.45) is 3.42. The summed E-state index contributed by atoms with van der Waals surface area (Å²) in [5.74, 6) is 0. The predicted molar refractivity (Wildman–Crippen MR) is 116 cm³/mol. The Morgan fingerprint density at radius 3 is 1.92 bits per heavy atom. The van der Waals surface area contributed by atoms with Crippen LogP contribution in [0.3, 0.4) is 0 Å². The molecule has 0 aliphatic rings. The van der Waals surface area contributed by atoms with Crippen molar-refractivity contribution in [2.75, 3.05) is 0 Å². The molecule has 3 aromatic carbocycles. The van der Waals surface area contributed by atoms with Crippen LogP contribution in [-0.2, 0) is 0 Å². The largest absolute Gasteiger partial charge is 0.253 e. The summed E-state index contributed by atoms with van der Waals surface area (Å²) in [5, 5.41) is 2.68. The number of aromatic nitrogens is 2. The highest BCUT2D eigenvalue weighted by molar-refractivity contribution is 5.85. The van der Waals surface area contributed by atoms with E-state index in [1.165, 1.54) is 21.9 Å². The second kappa shape index (κ2) is 11.8. The molecule has 0 bridgehead atoms. The molecule has 0 N–H and O–H groups in total. The third-order valence-electron chi connectivity index (χ3n) is 3.63. The Morgan fingerprint density at radius 1 is 0.615 bits per heavy atom. The first-order chi connectivity index (χ1) is 12.7. The minimum Gasteiger partial charge on any atom is -0.253 e. The fourth-order valence-electron chi connectivity index (χ4n) is 2.46. The van der Waals surface area contributed by atoms with Gasteiger partial charge in [-0.25, -0.2) is 0 Å². The summed E-state index contributed by atoms with van der Waals surface area (Å²) < 4.78 is 0. The van der Waals surface area contributed by atoms with E-state index >= 15 is 0 Å². The van der Waals surface area contributed by atoms with Crippen molar-refractivity contribution < 1.29 is 0 Å². The topological polar surface area (TPSA) is 25.8 Å². The van der Waals surface area contributed by atoms with Crippen molar-refractivity contribution in [3.63, 3.8) is 0 Å². The minimum atomic E-state index is 0.957. The lowest BCUT2D eigenvalue weighted by atomic mass is 10.1. The molecule has 0 fully saturated rings. The molecule has 0 spiro atoms. The molecule has 4 aromatic rings. The van der Waals surface area contributed by atoms with Gasteiger partial charge in [0.1, 0.15) is 0 Å². The van der Waals surface area contributed by atoms with E-state index in [0.29, 0.717) is 0 Å². The molecule has 0 aliphatic heterocycles. The zero-order chi connectivity index (χ0) is 19.4. The highest BCUT2D eigenvalue weighted by Crippen LogP contribution is 2.16. The van der Waals surface area contributed by atoms with E-state index in [4.69, 9.17) is 0 Å². The molecule has 1 aromatic heterocycles. The van der Waals surface area contributed by atoms with Crippen molar-refractivity contribution in [1.29, 1.82) is 0 Å². The molecule has 136 valence electrons. The number of hydrogen-bond acceptors (Lipinski definition) is 2. The molecule has 0 saturated carbocycles. The van der Waals surface area contributed by atoms with Gasteiger partial charge in [-0.3, -0.25) is 9.97 Å². The Labute approximate surface area is 157 Å². The quantitative estimate of drug-likeness (QED) is 0.338. The van der Waals surface area contributed by atoms with Crippen molar-refractivity contribution >= 4 is 21.8 Å². The van der Waals surface area contributed by atoms with Crippen molar-refractivity contribution in [1.82, 2.24) is 9.97 Å². The smallest absolute Gasteiger partial charge is 0.0889 e. The summed E-state index contributed by atoms with van der Waals surface area (Å²) in [4.78, 5) is 8.34. The minimum absolute atomic E-state index is 0.957. The maximum absolute atomic E-state index is 4.18. The standard InChI is InChI=1S/C11H10.C9H8N2.2C2H6/c1-9-5-4-7-10-6-2-3-8-11(9)10;1-7-2-3-8-9(6-7)11-5-4-10-8;2*1-2/h2-8H,1H3;2-6H,1H3;2*1-2H3. The van der Waals surface area contributed by atoms with E-state index in [1.54, 1.807) is 12.4 Å². The lowest BCUT2D eigenvalue weighted by Gasteiger charge is -1.98. The van der Waals surface area contributed by atoms with Crippen molar-refractivity contribution in [3.8, 4) is 0 Å². The number of rotatable bonds is 0. The summed E-state index contributed by atoms with van der Waals surface area (Å²) >= 11 is 0. The maximum Gasteiger partial charge on any atom is 0.0889 e. The van der Waals surface area contributed by atoms with Gasteiger partial charge in [-0.2, -0.15) is 0 Å². The summed E-state index contributed by atoms with van der Waals surface area (Å²) in [6.45, 7) is 12.2. The number of benzene rings is 3. The van der Waals surface area contributed by atoms with Gasteiger partial charge in [0.05, 0.1) is 11.0 Å². The summed E-state index contributed by atoms with van der Waals surface area (Å²) in [6, 6.07) is 20.9. The monoisotopic (exact) mass is 346 g/mol. The lowest BCUT2D eigenvalue weighted by Crippen LogP contribution is -1.81. The van der Waals surface area contributed by atoms with E-state index in [-0.39, 0.29) is 0 Å². The predicted octanol–water partition coefficient (Wildman–Crippen LogP) is 7.14. The van der Waals surface area contributed by atoms with Gasteiger partial charge in [0, 0.05) is 12.4 Å². The van der Waals surface area contributed by atoms with Crippen LogP contribution in [0, 0.1) is 13.8 Å². The molecule has 0 saturated heterocycles. The second-order valence-corrected chi connectivity index (χ2v) is 5.34. The molecule has 2 nitrogen and oxygen atoms in total. The fraction of sp³-hybridized carbons (Fsp3) is 0.250. The molecule has 0 radical (unpaired) electrons. The summed E-state index contributed by atoms with van der Waals surface area (Å²) in [5.41, 5.74) is 4.49. The Balaban J connectivity index is 0.000000219. The maximum atomic E-state index is 4.18. The van der Waals surface area contributed by atoms with E-state index in [9.17, 15) is 0 Å². The lowest BCUT2D eigenvalue weighted by molar-refractivity contribution is 1.28. The van der Waals surface area contributed by atoms with Gasteiger partial charge >= 0.3 is 0 Å². The molecule has 26 heavy (non-hydrogen) atoms. The SMILES string of the molecule is CC.CC.Cc1ccc2nccnc2c1.Cc1cccc2ccccc12. The second-order valence-electron chi connectivity index (χ2n) is 5.34. The molecule has 0 atom stereocenters. The van der Waals surface area contributed by atoms with Crippen LogP contribution in [0.5, 0.6) is 0 Å². The molecular formula is C24H30N2. The Kier molecular flexibility index (Phi) is 9.63. The van der Waals surface area contributed by atoms with Crippen LogP contribution in [0.25, 0.3) is 21.8 Å². The average Bonchev–Trinajstić information content (AvgIpc) is 2.72. The average molecular weight is 347 g/mol. The van der Waals surface area contributed by atoms with E-state index < -0.39 is 0 Å². The number of hydrogen-bond donors (Lipinski definition) is 0. The van der Waals surface area contributed by atoms with Gasteiger partial charge in [-0.15, -0.1) is 0 Å². The number of nitrogens with zero attached hydrogens (tertiary/aromatic N) is 2. The first kappa shape index (κ1) is 21.3. The molecule has 4 rings (SSSR count). The van der Waals surface area contributed by atoms with Crippen LogP contribution in [0.4, 0.5) is 0 Å². The Bertz CT molecular complexity index is 902. The molecule has 2 heteroatoms. The normalized spacial score (nSPS) is 9.15. The van der Waals surface area contributed by atoms with Crippen LogP contribution >= 0.6 is 0 Å². The molecule has 0 amide bonds. The van der Waals surface area contributed by atoms with Crippen LogP contribution in [0.1, 0.15) is 38.8 Å². The highest BCUT2D eigenvalue weighted by atomic mass is 14.8. The zero-order valence-corrected chi connectivity index (χ0v) is 16.8. The zero-order valence-electron chi connectivity index (χ0n) is 16.8. The van der Waals surface area contributed by atoms with Crippen LogP contribution in [-0.4, -0.2) is 9.97 Å². The van der Waals surface area contributed by atoms with E-state index in [0.717, 1.165) is 11.0 Å². The van der Waals surface area contributed by atoms with Crippen LogP contribution in [0.2, 0.25) is 0 Å². The van der Waals surface area contributed by atoms with Crippen LogP contribution in [0.15, 0.2) is 73.1 Å². The van der Waals surface area contributed by atoms with E-state index in [1.807, 2.05) is 52.8 Å². The van der Waals surface area contributed by atoms with E-state index in [2.05, 4.69) is 59.4 Å². The van der Waals surface area contributed by atoms with Crippen molar-refractivity contribution in [2.45, 2.75) is 41.5 Å². The first-order valence-electron chi connectivity index (χ1n) is 9.36. The fourth-order valence-corrected chi connectivity index (χ4v) is 2.46. The van der Waals surface area contributed by atoms with Gasteiger partial charge < -0.3 is 0 Å². The number of fused-ring (bicyclic) bond motifs is 2. The third kappa shape index (κ3) is 5.96. The summed E-state index contributed by atoms with van der Waals surface area (Å²) in [7, 11) is 0. The molecule has 0 aliphatic carbocycles. The number of aryl methyl sites for hydroxylation is 2. The van der Waals surface area contributed by atoms with Gasteiger partial charge in [-0.1, -0.05) is 76.2 Å². The molecular weight excluding hydrogens is 316 g/mol. The van der Waals surface area contributed by atoms with Crippen molar-refractivity contribution in [3.05, 3.63) is 84.2 Å². The van der Waals surface area contributed by atoms with Gasteiger partial charge in [0.15, 0.2) is 0 Å². The van der Waals surface area contributed by atoms with Gasteiger partial charge in [0.25, 0.3) is 0 Å². The Morgan fingerprint density at radius 2 is 1.23 bits per heavy atom. The van der Waals surface area contributed by atoms with Crippen LogP contribution < -0.4 is 0 Å².